The molecule has 9 heteroatoms. The van der Waals surface area contributed by atoms with E-state index >= 15 is 0 Å². The number of unbranched alkanes of at least 4 members (excludes halogenated alkanes) is 1. The lowest BCUT2D eigenvalue weighted by molar-refractivity contribution is -0.125. The highest BCUT2D eigenvalue weighted by Gasteiger charge is 2.80. The Morgan fingerprint density at radius 2 is 1.78 bits per heavy atom. The van der Waals surface area contributed by atoms with Gasteiger partial charge in [-0.3, -0.25) is 14.4 Å². The lowest BCUT2D eigenvalue weighted by atomic mass is 9.66. The van der Waals surface area contributed by atoms with E-state index in [1.165, 1.54) is 12.8 Å². The molecule has 0 bridgehead atoms. The molecule has 0 radical (unpaired) electrons. The molecule has 0 saturated heterocycles. The molecule has 41 heavy (non-hydrogen) atoms. The molecule has 2 saturated carbocycles. The summed E-state index contributed by atoms with van der Waals surface area (Å²) in [6.45, 7) is 10.1. The number of rotatable bonds is 13. The number of carbonyl (C=O) groups is 3. The van der Waals surface area contributed by atoms with E-state index in [4.69, 9.17) is 4.28 Å². The Labute approximate surface area is 247 Å². The fourth-order valence-corrected chi connectivity index (χ4v) is 9.85. The first-order valence-electron chi connectivity index (χ1n) is 14.6. The summed E-state index contributed by atoms with van der Waals surface area (Å²) in [7, 11) is -4.36. The molecule has 1 aliphatic heterocycles. The van der Waals surface area contributed by atoms with E-state index < -0.39 is 38.5 Å². The Kier molecular flexibility index (Phi) is 8.02. The minimum atomic E-state index is -4.36. The Morgan fingerprint density at radius 1 is 1.07 bits per heavy atom. The summed E-state index contributed by atoms with van der Waals surface area (Å²) in [5, 5.41) is 1.73. The second kappa shape index (κ2) is 11.0. The van der Waals surface area contributed by atoms with Crippen LogP contribution in [-0.2, 0) is 19.2 Å². The van der Waals surface area contributed by atoms with Crippen LogP contribution in [0.4, 0.5) is 0 Å². The lowest BCUT2D eigenvalue weighted by Gasteiger charge is -2.39. The fourth-order valence-electron chi connectivity index (χ4n) is 7.00. The Balaban J connectivity index is 1.38. The van der Waals surface area contributed by atoms with E-state index in [2.05, 4.69) is 13.8 Å². The van der Waals surface area contributed by atoms with Crippen LogP contribution in [0, 0.1) is 16.7 Å². The minimum Gasteiger partial charge on any atom is -0.299 e. The summed E-state index contributed by atoms with van der Waals surface area (Å²) >= 11 is 1.73. The molecule has 2 aromatic rings. The number of hydrogen-bond donors (Lipinski definition) is 0. The molecule has 2 aliphatic carbocycles. The highest BCUT2D eigenvalue weighted by atomic mass is 32.2. The molecule has 7 nitrogen and oxygen atoms in total. The molecule has 2 amide bonds. The minimum absolute atomic E-state index is 0.0326. The standard InChI is InChI=1S/C32H39NO6S2/c1-6-9-11-21(7-2)17-40-26-15-14-24-28-22(26)12-10-13-23(28)29(35)33(30(24)36)39-41(37,38)19-31-16-25(20(4)5)32(31,18-31)27(34)8-3/h10,12-15,21H,6-9,11,16-19H2,1-5H3. The van der Waals surface area contributed by atoms with Gasteiger partial charge in [-0.15, -0.1) is 21.1 Å². The first kappa shape index (κ1) is 30.0. The van der Waals surface area contributed by atoms with Crippen LogP contribution >= 0.6 is 11.8 Å². The van der Waals surface area contributed by atoms with E-state index in [0.29, 0.717) is 35.6 Å². The van der Waals surface area contributed by atoms with E-state index in [1.807, 2.05) is 26.0 Å². The molecular weight excluding hydrogens is 558 g/mol. The number of hydroxylamine groups is 2. The number of hydrogen-bond acceptors (Lipinski definition) is 7. The number of benzene rings is 2. The highest BCUT2D eigenvalue weighted by molar-refractivity contribution is 7.99. The molecule has 1 heterocycles. The summed E-state index contributed by atoms with van der Waals surface area (Å²) < 4.78 is 31.9. The second-order valence-electron chi connectivity index (χ2n) is 12.0. The number of fused-ring (bicyclic) bond motifs is 1. The monoisotopic (exact) mass is 597 g/mol. The fraction of sp³-hybridized carbons (Fsp3) is 0.531. The zero-order valence-electron chi connectivity index (χ0n) is 24.5. The normalized spacial score (nSPS) is 23.8. The SMILES string of the molecule is CCCCC(CC)CSc1ccc2c3c(cccc13)C(=O)N(OS(=O)(=O)CC13CC(=C(C)C)C1(C(=O)CC)C3)C2=O. The van der Waals surface area contributed by atoms with Gasteiger partial charge in [-0.2, -0.15) is 8.42 Å². The largest absolute Gasteiger partial charge is 0.299 e. The molecule has 2 aromatic carbocycles. The van der Waals surface area contributed by atoms with Crippen molar-refractivity contribution in [2.75, 3.05) is 11.5 Å². The van der Waals surface area contributed by atoms with Crippen LogP contribution in [0.1, 0.15) is 100 Å². The van der Waals surface area contributed by atoms with Crippen LogP contribution in [0.5, 0.6) is 0 Å². The van der Waals surface area contributed by atoms with E-state index in [0.717, 1.165) is 40.0 Å². The Morgan fingerprint density at radius 3 is 2.41 bits per heavy atom. The van der Waals surface area contributed by atoms with Crippen molar-refractivity contribution in [2.24, 2.45) is 16.7 Å². The Hall–Kier alpha value is -2.49. The first-order valence-corrected chi connectivity index (χ1v) is 17.2. The third kappa shape index (κ3) is 4.87. The molecule has 5 rings (SSSR count). The van der Waals surface area contributed by atoms with Gasteiger partial charge in [-0.25, -0.2) is 0 Å². The van der Waals surface area contributed by atoms with Crippen molar-refractivity contribution in [1.82, 2.24) is 5.06 Å². The van der Waals surface area contributed by atoms with Crippen molar-refractivity contribution < 1.29 is 27.1 Å². The van der Waals surface area contributed by atoms with Crippen molar-refractivity contribution in [2.45, 2.75) is 84.5 Å². The number of carbonyl (C=O) groups excluding carboxylic acids is 3. The summed E-state index contributed by atoms with van der Waals surface area (Å²) in [5.74, 6) is -0.438. The van der Waals surface area contributed by atoms with Crippen LogP contribution in [0.3, 0.4) is 0 Å². The third-order valence-corrected chi connectivity index (χ3v) is 11.9. The number of thioether (sulfide) groups is 1. The highest BCUT2D eigenvalue weighted by Crippen LogP contribution is 2.81. The van der Waals surface area contributed by atoms with Crippen LogP contribution in [-0.4, -0.2) is 42.6 Å². The average molecular weight is 598 g/mol. The number of Topliss-reactive ketones (excluding diaryl/α,β-unsaturated/α-hetero) is 1. The zero-order chi connectivity index (χ0) is 29.7. The van der Waals surface area contributed by atoms with Gasteiger partial charge in [-0.05, 0) is 62.6 Å². The predicted octanol–water partition coefficient (Wildman–Crippen LogP) is 7.10. The van der Waals surface area contributed by atoms with Crippen LogP contribution < -0.4 is 0 Å². The number of nitrogens with zero attached hydrogens (tertiary/aromatic N) is 1. The molecule has 3 aliphatic rings. The average Bonchev–Trinajstić information content (AvgIpc) is 3.44. The maximum atomic E-state index is 13.5. The number of imide groups is 1. The molecule has 3 atom stereocenters. The van der Waals surface area contributed by atoms with Crippen LogP contribution in [0.25, 0.3) is 10.8 Å². The van der Waals surface area contributed by atoms with Gasteiger partial charge in [0.1, 0.15) is 5.78 Å². The van der Waals surface area contributed by atoms with Gasteiger partial charge in [0.15, 0.2) is 0 Å². The summed E-state index contributed by atoms with van der Waals surface area (Å²) in [6, 6.07) is 8.80. The predicted molar refractivity (Wildman–Crippen MR) is 161 cm³/mol. The summed E-state index contributed by atoms with van der Waals surface area (Å²) in [6.07, 6.45) is 5.90. The van der Waals surface area contributed by atoms with Crippen molar-refractivity contribution >= 4 is 50.3 Å². The Bertz CT molecular complexity index is 1550. The van der Waals surface area contributed by atoms with E-state index in [-0.39, 0.29) is 16.9 Å². The topological polar surface area (TPSA) is 97.8 Å². The van der Waals surface area contributed by atoms with Crippen LogP contribution in [0.15, 0.2) is 46.4 Å². The molecule has 0 aromatic heterocycles. The van der Waals surface area contributed by atoms with Gasteiger partial charge in [0.25, 0.3) is 21.9 Å². The van der Waals surface area contributed by atoms with Gasteiger partial charge >= 0.3 is 0 Å². The maximum absolute atomic E-state index is 13.5. The molecule has 2 fully saturated rings. The molecule has 0 N–H and O–H groups in total. The van der Waals surface area contributed by atoms with Crippen LogP contribution in [0.2, 0.25) is 0 Å². The zero-order valence-corrected chi connectivity index (χ0v) is 26.2. The van der Waals surface area contributed by atoms with Gasteiger partial charge in [-0.1, -0.05) is 63.3 Å². The summed E-state index contributed by atoms with van der Waals surface area (Å²) in [5.41, 5.74) is 1.03. The van der Waals surface area contributed by atoms with Gasteiger partial charge < -0.3 is 0 Å². The number of ketones is 1. The quantitative estimate of drug-likeness (QED) is 0.138. The number of allylic oxidation sites excluding steroid dienone is 2. The molecule has 220 valence electrons. The van der Waals surface area contributed by atoms with Crippen molar-refractivity contribution in [1.29, 1.82) is 0 Å². The van der Waals surface area contributed by atoms with Crippen molar-refractivity contribution in [3.63, 3.8) is 0 Å². The third-order valence-electron chi connectivity index (χ3n) is 9.30. The maximum Gasteiger partial charge on any atom is 0.289 e. The molecular formula is C32H39NO6S2. The molecule has 0 spiro atoms. The van der Waals surface area contributed by atoms with Gasteiger partial charge in [0.05, 0.1) is 22.3 Å². The van der Waals surface area contributed by atoms with E-state index in [9.17, 15) is 22.8 Å². The van der Waals surface area contributed by atoms with Gasteiger partial charge in [0, 0.05) is 27.9 Å². The summed E-state index contributed by atoms with van der Waals surface area (Å²) in [4.78, 5) is 40.9. The lowest BCUT2D eigenvalue weighted by Crippen LogP contribution is -2.45. The second-order valence-corrected chi connectivity index (χ2v) is 14.7. The number of amides is 2. The van der Waals surface area contributed by atoms with Crippen molar-refractivity contribution in [3.8, 4) is 0 Å². The van der Waals surface area contributed by atoms with Crippen molar-refractivity contribution in [3.05, 3.63) is 52.6 Å². The van der Waals surface area contributed by atoms with Gasteiger partial charge in [0.2, 0.25) is 0 Å². The first-order chi connectivity index (χ1) is 19.4. The smallest absolute Gasteiger partial charge is 0.289 e. The van der Waals surface area contributed by atoms with E-state index in [1.54, 1.807) is 36.9 Å². The molecule has 3 unspecified atom stereocenters.